The van der Waals surface area contributed by atoms with E-state index in [-0.39, 0.29) is 17.6 Å². The summed E-state index contributed by atoms with van der Waals surface area (Å²) >= 11 is 0. The smallest absolute Gasteiger partial charge is 0.261 e. The quantitative estimate of drug-likeness (QED) is 0.700. The highest BCUT2D eigenvalue weighted by atomic mass is 32.2. The highest BCUT2D eigenvalue weighted by Crippen LogP contribution is 2.17. The van der Waals surface area contributed by atoms with Crippen molar-refractivity contribution in [1.29, 1.82) is 0 Å². The normalized spacial score (nSPS) is 12.0. The minimum Gasteiger partial charge on any atom is -0.310 e. The van der Waals surface area contributed by atoms with Crippen LogP contribution in [0.25, 0.3) is 0 Å². The van der Waals surface area contributed by atoms with Crippen molar-refractivity contribution in [2.24, 2.45) is 0 Å². The molecule has 0 aliphatic carbocycles. The van der Waals surface area contributed by atoms with Crippen molar-refractivity contribution < 1.29 is 8.42 Å². The van der Waals surface area contributed by atoms with Crippen LogP contribution in [0.1, 0.15) is 32.8 Å². The van der Waals surface area contributed by atoms with Gasteiger partial charge in [-0.3, -0.25) is 5.10 Å². The van der Waals surface area contributed by atoms with Crippen molar-refractivity contribution in [3.8, 4) is 12.3 Å². The summed E-state index contributed by atoms with van der Waals surface area (Å²) in [5, 5.41) is 9.73. The van der Waals surface area contributed by atoms with Gasteiger partial charge in [0.05, 0.1) is 12.7 Å². The maximum Gasteiger partial charge on any atom is 0.261 e. The van der Waals surface area contributed by atoms with Gasteiger partial charge in [0.2, 0.25) is 0 Å². The molecule has 2 N–H and O–H groups in total. The Morgan fingerprint density at radius 1 is 1.55 bits per heavy atom. The van der Waals surface area contributed by atoms with Crippen LogP contribution in [0.3, 0.4) is 0 Å². The summed E-state index contributed by atoms with van der Waals surface area (Å²) in [5.74, 6) is 2.39. The third-order valence-electron chi connectivity index (χ3n) is 2.72. The summed E-state index contributed by atoms with van der Waals surface area (Å²) in [6.07, 6.45) is 7.48. The molecule has 0 aromatic carbocycles. The molecule has 0 spiro atoms. The monoisotopic (exact) mass is 298 g/mol. The number of rotatable bonds is 8. The second-order valence-electron chi connectivity index (χ2n) is 4.80. The van der Waals surface area contributed by atoms with Crippen molar-refractivity contribution >= 4 is 10.0 Å². The molecule has 1 heterocycles. The van der Waals surface area contributed by atoms with Gasteiger partial charge < -0.3 is 5.32 Å². The number of sulfonamides is 1. The highest BCUT2D eigenvalue weighted by molar-refractivity contribution is 7.89. The summed E-state index contributed by atoms with van der Waals surface area (Å²) in [5.41, 5.74) is 0.622. The van der Waals surface area contributed by atoms with Crippen LogP contribution in [-0.2, 0) is 16.6 Å². The van der Waals surface area contributed by atoms with E-state index in [1.807, 2.05) is 20.8 Å². The predicted molar refractivity (Wildman–Crippen MR) is 78.4 cm³/mol. The average molecular weight is 298 g/mol. The molecule has 0 unspecified atom stereocenters. The molecule has 0 fully saturated rings. The third kappa shape index (κ3) is 4.07. The predicted octanol–water partition coefficient (Wildman–Crippen LogP) is 0.942. The molecule has 0 saturated carbocycles. The molecule has 0 amide bonds. The fourth-order valence-corrected chi connectivity index (χ4v) is 3.28. The van der Waals surface area contributed by atoms with Crippen molar-refractivity contribution in [3.63, 3.8) is 0 Å². The number of aromatic amines is 1. The molecule has 0 atom stereocenters. The van der Waals surface area contributed by atoms with Crippen LogP contribution in [-0.4, -0.2) is 42.1 Å². The summed E-state index contributed by atoms with van der Waals surface area (Å²) in [6.45, 7) is 6.80. The van der Waals surface area contributed by atoms with Crippen LogP contribution in [0.5, 0.6) is 0 Å². The number of aromatic nitrogens is 2. The zero-order valence-corrected chi connectivity index (χ0v) is 13.0. The Morgan fingerprint density at radius 2 is 2.25 bits per heavy atom. The second kappa shape index (κ2) is 7.43. The van der Waals surface area contributed by atoms with Crippen molar-refractivity contribution in [1.82, 2.24) is 19.8 Å². The Morgan fingerprint density at radius 3 is 2.80 bits per heavy atom. The molecule has 1 rings (SSSR count). The molecule has 1 aromatic heterocycles. The lowest BCUT2D eigenvalue weighted by Gasteiger charge is -2.19. The van der Waals surface area contributed by atoms with Gasteiger partial charge in [-0.2, -0.15) is 9.40 Å². The number of nitrogens with zero attached hydrogens (tertiary/aromatic N) is 2. The van der Waals surface area contributed by atoms with E-state index in [4.69, 9.17) is 6.42 Å². The van der Waals surface area contributed by atoms with E-state index in [0.29, 0.717) is 25.1 Å². The van der Waals surface area contributed by atoms with Gasteiger partial charge in [0.15, 0.2) is 5.03 Å². The van der Waals surface area contributed by atoms with E-state index < -0.39 is 10.0 Å². The number of nitrogens with one attached hydrogen (secondary N) is 2. The lowest BCUT2D eigenvalue weighted by molar-refractivity contribution is 0.441. The van der Waals surface area contributed by atoms with E-state index in [1.165, 1.54) is 10.5 Å². The molecule has 20 heavy (non-hydrogen) atoms. The van der Waals surface area contributed by atoms with Crippen molar-refractivity contribution in [3.05, 3.63) is 11.8 Å². The first-order valence-electron chi connectivity index (χ1n) is 6.62. The van der Waals surface area contributed by atoms with Gasteiger partial charge in [0.1, 0.15) is 0 Å². The zero-order valence-electron chi connectivity index (χ0n) is 12.2. The van der Waals surface area contributed by atoms with Gasteiger partial charge in [-0.15, -0.1) is 6.42 Å². The fraction of sp³-hybridized carbons (Fsp3) is 0.615. The van der Waals surface area contributed by atoms with Gasteiger partial charge in [0.25, 0.3) is 10.0 Å². The van der Waals surface area contributed by atoms with Gasteiger partial charge in [-0.05, 0) is 6.42 Å². The minimum atomic E-state index is -3.63. The van der Waals surface area contributed by atoms with Crippen LogP contribution < -0.4 is 5.32 Å². The second-order valence-corrected chi connectivity index (χ2v) is 6.68. The highest BCUT2D eigenvalue weighted by Gasteiger charge is 2.27. The van der Waals surface area contributed by atoms with E-state index >= 15 is 0 Å². The molecular weight excluding hydrogens is 276 g/mol. The first-order chi connectivity index (χ1) is 9.43. The SMILES string of the molecule is C#CCN(CCC)S(=O)(=O)c1[nH]ncc1CNC(C)C. The first-order valence-corrected chi connectivity index (χ1v) is 8.06. The summed E-state index contributed by atoms with van der Waals surface area (Å²) in [4.78, 5) is 0. The van der Waals surface area contributed by atoms with Crippen LogP contribution in [0.15, 0.2) is 11.2 Å². The Balaban J connectivity index is 3.02. The van der Waals surface area contributed by atoms with E-state index in [0.717, 1.165) is 0 Å². The van der Waals surface area contributed by atoms with Crippen LogP contribution >= 0.6 is 0 Å². The number of hydrogen-bond acceptors (Lipinski definition) is 4. The number of hydrogen-bond donors (Lipinski definition) is 2. The standard InChI is InChI=1S/C13H22N4O2S/c1-5-7-17(8-6-2)20(18,19)13-12(10-15-16-13)9-14-11(3)4/h1,10-11,14H,6-9H2,2-4H3,(H,15,16). The Hall–Kier alpha value is -1.36. The van der Waals surface area contributed by atoms with Crippen molar-refractivity contribution in [2.45, 2.75) is 44.8 Å². The Kier molecular flexibility index (Phi) is 6.20. The molecule has 0 bridgehead atoms. The summed E-state index contributed by atoms with van der Waals surface area (Å²) < 4.78 is 26.4. The average Bonchev–Trinajstić information content (AvgIpc) is 2.85. The van der Waals surface area contributed by atoms with Crippen LogP contribution in [0.2, 0.25) is 0 Å². The summed E-state index contributed by atoms with van der Waals surface area (Å²) in [6, 6.07) is 0.262. The molecule has 0 aliphatic heterocycles. The van der Waals surface area contributed by atoms with Gasteiger partial charge in [-0.25, -0.2) is 8.42 Å². The minimum absolute atomic E-state index is 0.0617. The molecular formula is C13H22N4O2S. The van der Waals surface area contributed by atoms with Gasteiger partial charge in [-0.1, -0.05) is 26.7 Å². The number of H-pyrrole nitrogens is 1. The maximum atomic E-state index is 12.6. The van der Waals surface area contributed by atoms with Gasteiger partial charge >= 0.3 is 0 Å². The van der Waals surface area contributed by atoms with Crippen molar-refractivity contribution in [2.75, 3.05) is 13.1 Å². The summed E-state index contributed by atoms with van der Waals surface area (Å²) in [7, 11) is -3.63. The Bertz CT molecular complexity index is 557. The molecule has 0 radical (unpaired) electrons. The maximum absolute atomic E-state index is 12.6. The number of terminal acetylenes is 1. The van der Waals surface area contributed by atoms with Crippen LogP contribution in [0.4, 0.5) is 0 Å². The topological polar surface area (TPSA) is 78.1 Å². The lowest BCUT2D eigenvalue weighted by atomic mass is 10.3. The molecule has 112 valence electrons. The lowest BCUT2D eigenvalue weighted by Crippen LogP contribution is -2.33. The molecule has 0 saturated heterocycles. The van der Waals surface area contributed by atoms with E-state index in [2.05, 4.69) is 21.4 Å². The van der Waals surface area contributed by atoms with E-state index in [9.17, 15) is 8.42 Å². The Labute approximate surface area is 121 Å². The zero-order chi connectivity index (χ0) is 15.2. The first kappa shape index (κ1) is 16.7. The third-order valence-corrected chi connectivity index (χ3v) is 4.58. The largest absolute Gasteiger partial charge is 0.310 e. The van der Waals surface area contributed by atoms with E-state index in [1.54, 1.807) is 0 Å². The van der Waals surface area contributed by atoms with Crippen LogP contribution in [0, 0.1) is 12.3 Å². The van der Waals surface area contributed by atoms with Gasteiger partial charge in [0, 0.05) is 24.7 Å². The molecule has 0 aliphatic rings. The molecule has 7 heteroatoms. The molecule has 1 aromatic rings. The fourth-order valence-electron chi connectivity index (χ4n) is 1.73. The molecule has 6 nitrogen and oxygen atoms in total.